The molecule has 1 atom stereocenters. The van der Waals surface area contributed by atoms with Crippen LogP contribution in [-0.4, -0.2) is 6.61 Å². The first kappa shape index (κ1) is 10.8. The van der Waals surface area contributed by atoms with Crippen molar-refractivity contribution in [2.45, 2.75) is 12.8 Å². The van der Waals surface area contributed by atoms with E-state index < -0.39 is 0 Å². The summed E-state index contributed by atoms with van der Waals surface area (Å²) < 4.78 is 0. The summed E-state index contributed by atoms with van der Waals surface area (Å²) in [7, 11) is 0. The standard InChI is InChI=1S/C9H11Cl2NO/c1-6(5-13-12)8-3-2-7(10)4-9(8)11/h2-4,6H,5,12H2,1H3. The van der Waals surface area contributed by atoms with E-state index in [9.17, 15) is 0 Å². The second-order valence-corrected chi connectivity index (χ2v) is 3.74. The summed E-state index contributed by atoms with van der Waals surface area (Å²) in [5.74, 6) is 5.15. The van der Waals surface area contributed by atoms with Crippen molar-refractivity contribution >= 4 is 23.2 Å². The lowest BCUT2D eigenvalue weighted by Gasteiger charge is -2.11. The molecule has 0 aromatic heterocycles. The first-order valence-electron chi connectivity index (χ1n) is 3.91. The first-order chi connectivity index (χ1) is 6.15. The van der Waals surface area contributed by atoms with E-state index >= 15 is 0 Å². The quantitative estimate of drug-likeness (QED) is 0.794. The second kappa shape index (κ2) is 4.82. The Morgan fingerprint density at radius 3 is 2.69 bits per heavy atom. The molecule has 0 amide bonds. The first-order valence-corrected chi connectivity index (χ1v) is 4.67. The highest BCUT2D eigenvalue weighted by Crippen LogP contribution is 2.27. The van der Waals surface area contributed by atoms with Crippen LogP contribution in [0, 0.1) is 0 Å². The van der Waals surface area contributed by atoms with Gasteiger partial charge in [-0.15, -0.1) is 0 Å². The molecule has 4 heteroatoms. The molecule has 0 saturated carbocycles. The molecule has 0 aliphatic rings. The van der Waals surface area contributed by atoms with Crippen LogP contribution in [0.4, 0.5) is 0 Å². The van der Waals surface area contributed by atoms with Crippen LogP contribution < -0.4 is 5.90 Å². The predicted molar refractivity (Wildman–Crippen MR) is 55.0 cm³/mol. The second-order valence-electron chi connectivity index (χ2n) is 2.90. The van der Waals surface area contributed by atoms with Crippen LogP contribution in [-0.2, 0) is 4.84 Å². The van der Waals surface area contributed by atoms with Crippen LogP contribution in [0.15, 0.2) is 18.2 Å². The average molecular weight is 220 g/mol. The fourth-order valence-electron chi connectivity index (χ4n) is 1.14. The van der Waals surface area contributed by atoms with Gasteiger partial charge in [0.15, 0.2) is 0 Å². The lowest BCUT2D eigenvalue weighted by Crippen LogP contribution is -2.08. The number of nitrogens with two attached hydrogens (primary N) is 1. The molecular formula is C9H11Cl2NO. The molecule has 13 heavy (non-hydrogen) atoms. The molecule has 72 valence electrons. The molecule has 2 N–H and O–H groups in total. The van der Waals surface area contributed by atoms with Gasteiger partial charge in [0, 0.05) is 16.0 Å². The lowest BCUT2D eigenvalue weighted by atomic mass is 10.0. The molecule has 1 rings (SSSR count). The van der Waals surface area contributed by atoms with Crippen molar-refractivity contribution in [3.05, 3.63) is 33.8 Å². The Morgan fingerprint density at radius 2 is 2.15 bits per heavy atom. The number of halogens is 2. The number of benzene rings is 1. The summed E-state index contributed by atoms with van der Waals surface area (Å²) in [5.41, 5.74) is 0.997. The Balaban J connectivity index is 2.88. The van der Waals surface area contributed by atoms with Crippen LogP contribution in [0.5, 0.6) is 0 Å². The van der Waals surface area contributed by atoms with Crippen LogP contribution in [0.25, 0.3) is 0 Å². The van der Waals surface area contributed by atoms with Crippen molar-refractivity contribution < 1.29 is 4.84 Å². The van der Waals surface area contributed by atoms with Gasteiger partial charge in [0.2, 0.25) is 0 Å². The molecule has 0 bridgehead atoms. The molecule has 0 spiro atoms. The zero-order chi connectivity index (χ0) is 9.84. The van der Waals surface area contributed by atoms with Gasteiger partial charge in [0.05, 0.1) is 6.61 Å². The molecule has 0 aliphatic carbocycles. The zero-order valence-corrected chi connectivity index (χ0v) is 8.77. The third-order valence-electron chi connectivity index (χ3n) is 1.84. The molecule has 0 aliphatic heterocycles. The topological polar surface area (TPSA) is 35.2 Å². The number of hydrogen-bond donors (Lipinski definition) is 1. The summed E-state index contributed by atoms with van der Waals surface area (Å²) in [6.07, 6.45) is 0. The van der Waals surface area contributed by atoms with E-state index in [4.69, 9.17) is 29.1 Å². The highest BCUT2D eigenvalue weighted by Gasteiger charge is 2.09. The van der Waals surface area contributed by atoms with Crippen molar-refractivity contribution in [3.8, 4) is 0 Å². The summed E-state index contributed by atoms with van der Waals surface area (Å²) >= 11 is 11.7. The van der Waals surface area contributed by atoms with Crippen molar-refractivity contribution in [1.29, 1.82) is 0 Å². The smallest absolute Gasteiger partial charge is 0.0745 e. The minimum absolute atomic E-state index is 0.176. The Kier molecular flexibility index (Phi) is 4.00. The minimum Gasteiger partial charge on any atom is -0.304 e. The van der Waals surface area contributed by atoms with E-state index in [0.717, 1.165) is 5.56 Å². The van der Waals surface area contributed by atoms with Gasteiger partial charge >= 0.3 is 0 Å². The number of hydrogen-bond acceptors (Lipinski definition) is 2. The van der Waals surface area contributed by atoms with Gasteiger partial charge in [-0.25, -0.2) is 5.90 Å². The average Bonchev–Trinajstić information content (AvgIpc) is 2.04. The maximum atomic E-state index is 5.98. The van der Waals surface area contributed by atoms with Gasteiger partial charge < -0.3 is 4.84 Å². The largest absolute Gasteiger partial charge is 0.304 e. The van der Waals surface area contributed by atoms with E-state index in [-0.39, 0.29) is 5.92 Å². The van der Waals surface area contributed by atoms with Crippen LogP contribution >= 0.6 is 23.2 Å². The molecule has 0 radical (unpaired) electrons. The predicted octanol–water partition coefficient (Wildman–Crippen LogP) is 2.99. The van der Waals surface area contributed by atoms with Crippen molar-refractivity contribution in [2.75, 3.05) is 6.61 Å². The van der Waals surface area contributed by atoms with E-state index in [1.807, 2.05) is 13.0 Å². The Hall–Kier alpha value is -0.280. The SMILES string of the molecule is CC(CON)c1ccc(Cl)cc1Cl. The molecule has 1 aromatic carbocycles. The van der Waals surface area contributed by atoms with Gasteiger partial charge in [0.1, 0.15) is 0 Å². The van der Waals surface area contributed by atoms with Crippen LogP contribution in [0.2, 0.25) is 10.0 Å². The minimum atomic E-state index is 0.176. The Bertz CT molecular complexity index is 291. The normalized spacial score (nSPS) is 12.9. The van der Waals surface area contributed by atoms with Gasteiger partial charge in [0.25, 0.3) is 0 Å². The summed E-state index contributed by atoms with van der Waals surface area (Å²) in [6.45, 7) is 2.43. The van der Waals surface area contributed by atoms with Crippen molar-refractivity contribution in [3.63, 3.8) is 0 Å². The van der Waals surface area contributed by atoms with Gasteiger partial charge in [-0.05, 0) is 17.7 Å². The molecule has 0 saturated heterocycles. The highest BCUT2D eigenvalue weighted by molar-refractivity contribution is 6.35. The van der Waals surface area contributed by atoms with Crippen LogP contribution in [0.1, 0.15) is 18.4 Å². The van der Waals surface area contributed by atoms with E-state index in [1.54, 1.807) is 12.1 Å². The van der Waals surface area contributed by atoms with E-state index in [2.05, 4.69) is 4.84 Å². The lowest BCUT2D eigenvalue weighted by molar-refractivity contribution is 0.126. The third kappa shape index (κ3) is 2.85. The highest BCUT2D eigenvalue weighted by atomic mass is 35.5. The maximum absolute atomic E-state index is 5.98. The van der Waals surface area contributed by atoms with Crippen molar-refractivity contribution in [1.82, 2.24) is 0 Å². The van der Waals surface area contributed by atoms with E-state index in [0.29, 0.717) is 16.7 Å². The summed E-state index contributed by atoms with van der Waals surface area (Å²) in [5, 5.41) is 1.28. The molecule has 1 unspecified atom stereocenters. The summed E-state index contributed by atoms with van der Waals surface area (Å²) in [4.78, 5) is 4.55. The molecule has 2 nitrogen and oxygen atoms in total. The van der Waals surface area contributed by atoms with Gasteiger partial charge in [-0.2, -0.15) is 0 Å². The molecular weight excluding hydrogens is 209 g/mol. The fraction of sp³-hybridized carbons (Fsp3) is 0.333. The molecule has 0 heterocycles. The molecule has 1 aromatic rings. The van der Waals surface area contributed by atoms with Gasteiger partial charge in [-0.3, -0.25) is 0 Å². The third-order valence-corrected chi connectivity index (χ3v) is 2.40. The maximum Gasteiger partial charge on any atom is 0.0745 e. The fourth-order valence-corrected chi connectivity index (χ4v) is 1.73. The Morgan fingerprint density at radius 1 is 1.46 bits per heavy atom. The van der Waals surface area contributed by atoms with Crippen LogP contribution in [0.3, 0.4) is 0 Å². The van der Waals surface area contributed by atoms with Gasteiger partial charge in [-0.1, -0.05) is 36.2 Å². The Labute approximate surface area is 87.5 Å². The summed E-state index contributed by atoms with van der Waals surface area (Å²) in [6, 6.07) is 5.40. The van der Waals surface area contributed by atoms with Crippen molar-refractivity contribution in [2.24, 2.45) is 5.90 Å². The monoisotopic (exact) mass is 219 g/mol. The molecule has 0 fully saturated rings. The van der Waals surface area contributed by atoms with E-state index in [1.165, 1.54) is 0 Å². The zero-order valence-electron chi connectivity index (χ0n) is 7.26. The number of rotatable bonds is 3.